The largest absolute Gasteiger partial charge is 0.491 e. The second-order valence-corrected chi connectivity index (χ2v) is 14.7. The molecule has 0 saturated heterocycles. The van der Waals surface area contributed by atoms with Crippen molar-refractivity contribution in [1.82, 2.24) is 14.9 Å². The molecule has 2 aromatic carbocycles. The zero-order valence-electron chi connectivity index (χ0n) is 25.2. The Morgan fingerprint density at radius 2 is 1.76 bits per heavy atom. The van der Waals surface area contributed by atoms with Gasteiger partial charge in [-0.25, -0.2) is 18.4 Å². The van der Waals surface area contributed by atoms with Crippen molar-refractivity contribution >= 4 is 32.9 Å². The fraction of sp³-hybridized carbons (Fsp3) is 0.500. The number of halogens is 1. The van der Waals surface area contributed by atoms with Crippen molar-refractivity contribution < 1.29 is 13.2 Å². The standard InChI is InChI=1S/C32H43ClN4O3S/c1-20(2)40-29-18-26(23-12-14-25(15-13-23)37(6)7)22(5)16-24(29)17-31-34-19-27(33)32(36-31)35-28-10-8-9-11-30(28)41(38,39)21(3)4/h8-11,16,18-21,23,25H,12-15,17H2,1-7H3,(H,34,35,36). The first-order valence-corrected chi connectivity index (χ1v) is 16.4. The van der Waals surface area contributed by atoms with Crippen LogP contribution in [0.4, 0.5) is 11.5 Å². The Balaban J connectivity index is 1.63. The molecule has 0 amide bonds. The van der Waals surface area contributed by atoms with E-state index in [-0.39, 0.29) is 11.0 Å². The molecule has 41 heavy (non-hydrogen) atoms. The van der Waals surface area contributed by atoms with E-state index in [4.69, 9.17) is 21.3 Å². The Labute approximate surface area is 250 Å². The number of benzene rings is 2. The van der Waals surface area contributed by atoms with Gasteiger partial charge in [0.1, 0.15) is 16.6 Å². The molecule has 1 saturated carbocycles. The van der Waals surface area contributed by atoms with Crippen LogP contribution in [0.2, 0.25) is 5.02 Å². The lowest BCUT2D eigenvalue weighted by Crippen LogP contribution is -2.31. The van der Waals surface area contributed by atoms with Gasteiger partial charge in [-0.15, -0.1) is 0 Å². The van der Waals surface area contributed by atoms with Crippen molar-refractivity contribution in [3.05, 3.63) is 70.1 Å². The number of rotatable bonds is 10. The summed E-state index contributed by atoms with van der Waals surface area (Å²) in [5, 5.41) is 2.90. The number of aryl methyl sites for hydroxylation is 1. The molecule has 0 bridgehead atoms. The third kappa shape index (κ3) is 7.40. The van der Waals surface area contributed by atoms with Gasteiger partial charge >= 0.3 is 0 Å². The first kappa shape index (κ1) is 31.3. The van der Waals surface area contributed by atoms with Crippen LogP contribution in [0.1, 0.15) is 81.8 Å². The molecule has 0 aliphatic heterocycles. The minimum Gasteiger partial charge on any atom is -0.491 e. The molecule has 0 spiro atoms. The predicted octanol–water partition coefficient (Wildman–Crippen LogP) is 7.33. The van der Waals surface area contributed by atoms with Crippen molar-refractivity contribution in [2.24, 2.45) is 0 Å². The summed E-state index contributed by atoms with van der Waals surface area (Å²) < 4.78 is 32.2. The number of anilines is 2. The maximum atomic E-state index is 13.0. The number of ether oxygens (including phenoxy) is 1. The molecule has 1 aliphatic carbocycles. The van der Waals surface area contributed by atoms with E-state index in [1.807, 2.05) is 13.8 Å². The SMILES string of the molecule is Cc1cc(Cc2ncc(Cl)c(Nc3ccccc3S(=O)(=O)C(C)C)n2)c(OC(C)C)cc1C1CCC(N(C)C)CC1. The van der Waals surface area contributed by atoms with Crippen molar-refractivity contribution in [2.75, 3.05) is 19.4 Å². The fourth-order valence-electron chi connectivity index (χ4n) is 5.55. The van der Waals surface area contributed by atoms with E-state index in [9.17, 15) is 8.42 Å². The summed E-state index contributed by atoms with van der Waals surface area (Å²) in [6.07, 6.45) is 6.79. The first-order valence-electron chi connectivity index (χ1n) is 14.4. The second kappa shape index (κ2) is 13.1. The smallest absolute Gasteiger partial charge is 0.182 e. The van der Waals surface area contributed by atoms with E-state index in [1.54, 1.807) is 44.3 Å². The Hall–Kier alpha value is -2.68. The lowest BCUT2D eigenvalue weighted by Gasteiger charge is -2.33. The van der Waals surface area contributed by atoms with Gasteiger partial charge in [0.25, 0.3) is 0 Å². The van der Waals surface area contributed by atoms with Crippen molar-refractivity contribution in [1.29, 1.82) is 0 Å². The monoisotopic (exact) mass is 598 g/mol. The summed E-state index contributed by atoms with van der Waals surface area (Å²) >= 11 is 6.48. The summed E-state index contributed by atoms with van der Waals surface area (Å²) in [6, 6.07) is 11.9. The number of nitrogens with one attached hydrogen (secondary N) is 1. The fourth-order valence-corrected chi connectivity index (χ4v) is 6.89. The van der Waals surface area contributed by atoms with Crippen LogP contribution < -0.4 is 10.1 Å². The molecule has 1 heterocycles. The highest BCUT2D eigenvalue weighted by molar-refractivity contribution is 7.92. The minimum absolute atomic E-state index is 0.0246. The molecule has 9 heteroatoms. The maximum Gasteiger partial charge on any atom is 0.182 e. The average Bonchev–Trinajstić information content (AvgIpc) is 2.92. The predicted molar refractivity (Wildman–Crippen MR) is 168 cm³/mol. The third-order valence-corrected chi connectivity index (χ3v) is 10.4. The van der Waals surface area contributed by atoms with Gasteiger partial charge in [0.05, 0.1) is 28.1 Å². The van der Waals surface area contributed by atoms with Gasteiger partial charge in [-0.1, -0.05) is 29.8 Å². The molecule has 0 atom stereocenters. The van der Waals surface area contributed by atoms with Gasteiger partial charge < -0.3 is 15.0 Å². The second-order valence-electron chi connectivity index (χ2n) is 11.8. The van der Waals surface area contributed by atoms with E-state index in [2.05, 4.69) is 48.4 Å². The molecule has 3 aromatic rings. The molecule has 1 fully saturated rings. The number of hydrogen-bond donors (Lipinski definition) is 1. The van der Waals surface area contributed by atoms with Crippen molar-refractivity contribution in [2.45, 2.75) is 94.9 Å². The highest BCUT2D eigenvalue weighted by Crippen LogP contribution is 2.39. The van der Waals surface area contributed by atoms with E-state index in [1.165, 1.54) is 36.8 Å². The van der Waals surface area contributed by atoms with Gasteiger partial charge in [0.2, 0.25) is 0 Å². The number of para-hydroxylation sites is 1. The summed E-state index contributed by atoms with van der Waals surface area (Å²) in [7, 11) is 0.835. The molecular weight excluding hydrogens is 556 g/mol. The van der Waals surface area contributed by atoms with Gasteiger partial charge in [-0.3, -0.25) is 0 Å². The normalized spacial score (nSPS) is 17.8. The summed E-state index contributed by atoms with van der Waals surface area (Å²) in [6.45, 7) is 9.59. The van der Waals surface area contributed by atoms with Gasteiger partial charge in [0.15, 0.2) is 15.7 Å². The highest BCUT2D eigenvalue weighted by atomic mass is 35.5. The van der Waals surface area contributed by atoms with Crippen molar-refractivity contribution in [3.63, 3.8) is 0 Å². The lowest BCUT2D eigenvalue weighted by molar-refractivity contribution is 0.215. The van der Waals surface area contributed by atoms with E-state index in [0.29, 0.717) is 40.7 Å². The van der Waals surface area contributed by atoms with Gasteiger partial charge in [-0.2, -0.15) is 0 Å². The summed E-state index contributed by atoms with van der Waals surface area (Å²) in [5.41, 5.74) is 4.06. The maximum absolute atomic E-state index is 13.0. The van der Waals surface area contributed by atoms with Crippen LogP contribution in [0.5, 0.6) is 5.75 Å². The van der Waals surface area contributed by atoms with Gasteiger partial charge in [-0.05, 0) is 110 Å². The van der Waals surface area contributed by atoms with E-state index in [0.717, 1.165) is 11.3 Å². The quantitative estimate of drug-likeness (QED) is 0.261. The number of sulfone groups is 1. The Morgan fingerprint density at radius 1 is 1.07 bits per heavy atom. The topological polar surface area (TPSA) is 84.4 Å². The summed E-state index contributed by atoms with van der Waals surface area (Å²) in [4.78, 5) is 11.8. The molecule has 1 N–H and O–H groups in total. The van der Waals surface area contributed by atoms with Crippen LogP contribution in [-0.2, 0) is 16.3 Å². The van der Waals surface area contributed by atoms with E-state index < -0.39 is 15.1 Å². The Bertz CT molecular complexity index is 1470. The number of nitrogens with zero attached hydrogens (tertiary/aromatic N) is 3. The summed E-state index contributed by atoms with van der Waals surface area (Å²) in [5.74, 6) is 2.31. The van der Waals surface area contributed by atoms with Crippen LogP contribution in [0.15, 0.2) is 47.5 Å². The molecular formula is C32H43ClN4O3S. The van der Waals surface area contributed by atoms with Gasteiger partial charge in [0, 0.05) is 18.0 Å². The average molecular weight is 599 g/mol. The van der Waals surface area contributed by atoms with Crippen LogP contribution >= 0.6 is 11.6 Å². The zero-order valence-corrected chi connectivity index (χ0v) is 26.8. The Kier molecular flexibility index (Phi) is 9.98. The molecule has 4 rings (SSSR count). The van der Waals surface area contributed by atoms with Crippen LogP contribution in [-0.4, -0.2) is 54.8 Å². The van der Waals surface area contributed by atoms with Crippen LogP contribution in [0, 0.1) is 6.92 Å². The lowest BCUT2D eigenvalue weighted by atomic mass is 9.79. The Morgan fingerprint density at radius 3 is 2.39 bits per heavy atom. The molecule has 222 valence electrons. The highest BCUT2D eigenvalue weighted by Gasteiger charge is 2.26. The number of aromatic nitrogens is 2. The van der Waals surface area contributed by atoms with Crippen LogP contribution in [0.25, 0.3) is 0 Å². The molecule has 1 aliphatic rings. The molecule has 0 radical (unpaired) electrons. The number of hydrogen-bond acceptors (Lipinski definition) is 7. The minimum atomic E-state index is -3.51. The van der Waals surface area contributed by atoms with E-state index >= 15 is 0 Å². The molecule has 1 aromatic heterocycles. The van der Waals surface area contributed by atoms with Crippen molar-refractivity contribution in [3.8, 4) is 5.75 Å². The zero-order chi connectivity index (χ0) is 29.9. The molecule has 7 nitrogen and oxygen atoms in total. The third-order valence-electron chi connectivity index (χ3n) is 7.89. The first-order chi connectivity index (χ1) is 19.4. The van der Waals surface area contributed by atoms with Crippen LogP contribution in [0.3, 0.4) is 0 Å². The molecule has 0 unspecified atom stereocenters.